The third kappa shape index (κ3) is 2.50. The average molecular weight is 288 g/mol. The molecule has 2 N–H and O–H groups in total. The molecule has 0 bridgehead atoms. The van der Waals surface area contributed by atoms with Gasteiger partial charge in [-0.2, -0.15) is 18.3 Å². The van der Waals surface area contributed by atoms with E-state index in [1.54, 1.807) is 14.0 Å². The lowest BCUT2D eigenvalue weighted by Crippen LogP contribution is -2.38. The number of nitrogens with two attached hydrogens (primary N) is 1. The molecular weight excluding hydrogens is 273 g/mol. The standard InChI is InChI=1S/C12H15F3N4O/c1-7-9(16)10(18(2)17-7)11(20)19-5-3-8(4-6-19)12(13,14)15/h3H,4-6,16H2,1-2H3. The summed E-state index contributed by atoms with van der Waals surface area (Å²) in [5, 5.41) is 4.03. The van der Waals surface area contributed by atoms with E-state index < -0.39 is 17.7 Å². The monoisotopic (exact) mass is 288 g/mol. The number of hydrogen-bond donors (Lipinski definition) is 1. The fourth-order valence-corrected chi connectivity index (χ4v) is 2.19. The third-order valence-corrected chi connectivity index (χ3v) is 3.33. The fourth-order valence-electron chi connectivity index (χ4n) is 2.19. The van der Waals surface area contributed by atoms with Gasteiger partial charge < -0.3 is 10.6 Å². The largest absolute Gasteiger partial charge is 0.412 e. The van der Waals surface area contributed by atoms with Crippen LogP contribution in [0.15, 0.2) is 11.6 Å². The highest BCUT2D eigenvalue weighted by Gasteiger charge is 2.36. The summed E-state index contributed by atoms with van der Waals surface area (Å²) in [6.45, 7) is 1.62. The van der Waals surface area contributed by atoms with Crippen molar-refractivity contribution < 1.29 is 18.0 Å². The zero-order chi connectivity index (χ0) is 15.1. The van der Waals surface area contributed by atoms with Crippen LogP contribution in [0, 0.1) is 6.92 Å². The van der Waals surface area contributed by atoms with E-state index in [0.29, 0.717) is 5.69 Å². The molecule has 1 aliphatic heterocycles. The molecule has 0 saturated heterocycles. The summed E-state index contributed by atoms with van der Waals surface area (Å²) < 4.78 is 38.9. The number of aryl methyl sites for hydroxylation is 2. The van der Waals surface area contributed by atoms with Crippen molar-refractivity contribution in [3.8, 4) is 0 Å². The number of hydrogen-bond acceptors (Lipinski definition) is 3. The minimum absolute atomic E-state index is 0.0217. The first-order valence-corrected chi connectivity index (χ1v) is 6.06. The first-order valence-electron chi connectivity index (χ1n) is 6.06. The Bertz CT molecular complexity index is 574. The van der Waals surface area contributed by atoms with Gasteiger partial charge in [-0.1, -0.05) is 6.08 Å². The zero-order valence-electron chi connectivity index (χ0n) is 11.2. The smallest absolute Gasteiger partial charge is 0.395 e. The number of aromatic nitrogens is 2. The predicted molar refractivity (Wildman–Crippen MR) is 67.0 cm³/mol. The van der Waals surface area contributed by atoms with Gasteiger partial charge in [-0.05, 0) is 13.3 Å². The van der Waals surface area contributed by atoms with Crippen molar-refractivity contribution in [1.82, 2.24) is 14.7 Å². The Balaban J connectivity index is 2.19. The van der Waals surface area contributed by atoms with Crippen molar-refractivity contribution in [3.05, 3.63) is 23.0 Å². The summed E-state index contributed by atoms with van der Waals surface area (Å²) in [6, 6.07) is 0. The van der Waals surface area contributed by atoms with Crippen LogP contribution in [0.3, 0.4) is 0 Å². The minimum atomic E-state index is -4.32. The zero-order valence-corrected chi connectivity index (χ0v) is 11.2. The Labute approximate surface area is 113 Å². The number of amides is 1. The molecule has 8 heteroatoms. The Morgan fingerprint density at radius 2 is 2.10 bits per heavy atom. The molecule has 2 rings (SSSR count). The molecule has 110 valence electrons. The molecule has 1 aromatic heterocycles. The number of carbonyl (C=O) groups is 1. The number of halogens is 3. The van der Waals surface area contributed by atoms with Crippen LogP contribution in [0.5, 0.6) is 0 Å². The lowest BCUT2D eigenvalue weighted by atomic mass is 10.1. The molecule has 5 nitrogen and oxygen atoms in total. The van der Waals surface area contributed by atoms with Crippen LogP contribution in [-0.2, 0) is 7.05 Å². The number of nitrogens with zero attached hydrogens (tertiary/aromatic N) is 3. The van der Waals surface area contributed by atoms with Gasteiger partial charge in [-0.15, -0.1) is 0 Å². The van der Waals surface area contributed by atoms with Crippen molar-refractivity contribution in [2.75, 3.05) is 18.8 Å². The summed E-state index contributed by atoms with van der Waals surface area (Å²) in [5.41, 5.74) is 6.20. The molecule has 0 fully saturated rings. The van der Waals surface area contributed by atoms with Crippen LogP contribution in [-0.4, -0.2) is 39.9 Å². The Morgan fingerprint density at radius 3 is 2.50 bits per heavy atom. The topological polar surface area (TPSA) is 64.2 Å². The highest BCUT2D eigenvalue weighted by atomic mass is 19.4. The fraction of sp³-hybridized carbons (Fsp3) is 0.500. The molecule has 1 amide bonds. The van der Waals surface area contributed by atoms with Gasteiger partial charge in [0.25, 0.3) is 5.91 Å². The average Bonchev–Trinajstić information content (AvgIpc) is 2.62. The van der Waals surface area contributed by atoms with Gasteiger partial charge in [0.05, 0.1) is 11.4 Å². The van der Waals surface area contributed by atoms with E-state index in [2.05, 4.69) is 5.10 Å². The maximum atomic E-state index is 12.5. The number of alkyl halides is 3. The molecule has 0 spiro atoms. The number of nitrogen functional groups attached to an aromatic ring is 1. The maximum absolute atomic E-state index is 12.5. The summed E-state index contributed by atoms with van der Waals surface area (Å²) >= 11 is 0. The van der Waals surface area contributed by atoms with Crippen molar-refractivity contribution in [2.24, 2.45) is 7.05 Å². The molecular formula is C12H15F3N4O. The molecule has 0 atom stereocenters. The van der Waals surface area contributed by atoms with Gasteiger partial charge in [0.1, 0.15) is 5.69 Å². The summed E-state index contributed by atoms with van der Waals surface area (Å²) in [4.78, 5) is 13.6. The van der Waals surface area contributed by atoms with E-state index in [4.69, 9.17) is 5.73 Å². The molecule has 2 heterocycles. The number of rotatable bonds is 1. The first-order chi connectivity index (χ1) is 9.21. The van der Waals surface area contributed by atoms with Crippen LogP contribution >= 0.6 is 0 Å². The summed E-state index contributed by atoms with van der Waals surface area (Å²) in [5.74, 6) is -0.400. The van der Waals surface area contributed by atoms with E-state index in [-0.39, 0.29) is 30.9 Å². The van der Waals surface area contributed by atoms with Crippen molar-refractivity contribution in [3.63, 3.8) is 0 Å². The van der Waals surface area contributed by atoms with Gasteiger partial charge in [0.15, 0.2) is 0 Å². The Kier molecular flexibility index (Phi) is 3.49. The molecule has 0 saturated carbocycles. The molecule has 0 aromatic carbocycles. The Morgan fingerprint density at radius 1 is 1.45 bits per heavy atom. The van der Waals surface area contributed by atoms with Crippen LogP contribution < -0.4 is 5.73 Å². The molecule has 1 aliphatic rings. The number of carbonyl (C=O) groups excluding carboxylic acids is 1. The van der Waals surface area contributed by atoms with Gasteiger partial charge in [0, 0.05) is 25.7 Å². The molecule has 1 aromatic rings. The third-order valence-electron chi connectivity index (χ3n) is 3.33. The summed E-state index contributed by atoms with van der Waals surface area (Å²) in [6.07, 6.45) is -3.48. The SMILES string of the molecule is Cc1nn(C)c(C(=O)N2CC=C(C(F)(F)F)CC2)c1N. The second-order valence-corrected chi connectivity index (χ2v) is 4.70. The first kappa shape index (κ1) is 14.4. The van der Waals surface area contributed by atoms with Gasteiger partial charge >= 0.3 is 6.18 Å². The highest BCUT2D eigenvalue weighted by molar-refractivity contribution is 5.98. The Hall–Kier alpha value is -1.99. The van der Waals surface area contributed by atoms with E-state index >= 15 is 0 Å². The molecule has 0 unspecified atom stereocenters. The lowest BCUT2D eigenvalue weighted by Gasteiger charge is -2.27. The van der Waals surface area contributed by atoms with Crippen molar-refractivity contribution in [2.45, 2.75) is 19.5 Å². The molecule has 0 radical (unpaired) electrons. The predicted octanol–water partition coefficient (Wildman–Crippen LogP) is 1.65. The minimum Gasteiger partial charge on any atom is -0.395 e. The molecule has 20 heavy (non-hydrogen) atoms. The van der Waals surface area contributed by atoms with E-state index in [0.717, 1.165) is 6.08 Å². The quantitative estimate of drug-likeness (QED) is 0.799. The summed E-state index contributed by atoms with van der Waals surface area (Å²) in [7, 11) is 1.58. The van der Waals surface area contributed by atoms with E-state index in [1.807, 2.05) is 0 Å². The second-order valence-electron chi connectivity index (χ2n) is 4.70. The van der Waals surface area contributed by atoms with Crippen molar-refractivity contribution in [1.29, 1.82) is 0 Å². The van der Waals surface area contributed by atoms with Crippen LogP contribution in [0.2, 0.25) is 0 Å². The normalized spacial score (nSPS) is 16.2. The lowest BCUT2D eigenvalue weighted by molar-refractivity contribution is -0.0957. The van der Waals surface area contributed by atoms with Crippen molar-refractivity contribution >= 4 is 11.6 Å². The van der Waals surface area contributed by atoms with Gasteiger partial charge in [0.2, 0.25) is 0 Å². The van der Waals surface area contributed by atoms with Gasteiger partial charge in [-0.3, -0.25) is 9.48 Å². The second kappa shape index (κ2) is 4.84. The van der Waals surface area contributed by atoms with E-state index in [1.165, 1.54) is 9.58 Å². The van der Waals surface area contributed by atoms with Crippen LogP contribution in [0.25, 0.3) is 0 Å². The molecule has 0 aliphatic carbocycles. The van der Waals surface area contributed by atoms with Gasteiger partial charge in [-0.25, -0.2) is 0 Å². The van der Waals surface area contributed by atoms with E-state index in [9.17, 15) is 18.0 Å². The van der Waals surface area contributed by atoms with Crippen LogP contribution in [0.1, 0.15) is 22.6 Å². The van der Waals surface area contributed by atoms with Crippen LogP contribution in [0.4, 0.5) is 18.9 Å². The highest BCUT2D eigenvalue weighted by Crippen LogP contribution is 2.30. The maximum Gasteiger partial charge on any atom is 0.412 e. The number of anilines is 1.